The van der Waals surface area contributed by atoms with Crippen LogP contribution in [0.1, 0.15) is 6.92 Å². The predicted octanol–water partition coefficient (Wildman–Crippen LogP) is 0.554. The second-order valence-electron chi connectivity index (χ2n) is 4.23. The van der Waals surface area contributed by atoms with Gasteiger partial charge in [-0.05, 0) is 13.1 Å². The summed E-state index contributed by atoms with van der Waals surface area (Å²) in [5, 5.41) is 0. The molecule has 0 aromatic carbocycles. The zero-order valence-corrected chi connectivity index (χ0v) is 9.64. The third-order valence-electron chi connectivity index (χ3n) is 2.68. The molecular weight excluding hydrogens is 171 g/mol. The zero-order valence-electron chi connectivity index (χ0n) is 8.64. The van der Waals surface area contributed by atoms with Crippen LogP contribution in [0, 0.1) is 6.55 Å². The first-order valence-electron chi connectivity index (χ1n) is 4.87. The summed E-state index contributed by atoms with van der Waals surface area (Å²) in [5.74, 6) is 0. The Hall–Kier alpha value is 0.734. The van der Waals surface area contributed by atoms with Crippen molar-refractivity contribution in [3.63, 3.8) is 0 Å². The molecule has 73 valence electrons. The van der Waals surface area contributed by atoms with E-state index < -0.39 is 8.24 Å². The molecule has 1 heterocycles. The molecule has 0 saturated carbocycles. The molecule has 1 aliphatic rings. The first kappa shape index (κ1) is 13.7. The molecule has 0 aromatic heterocycles. The van der Waals surface area contributed by atoms with Gasteiger partial charge in [-0.1, -0.05) is 20.0 Å². The van der Waals surface area contributed by atoms with E-state index in [0.29, 0.717) is 0 Å². The Morgan fingerprint density at radius 1 is 1.15 bits per heavy atom. The van der Waals surface area contributed by atoms with E-state index in [4.69, 9.17) is 0 Å². The Morgan fingerprint density at radius 2 is 1.62 bits per heavy atom. The summed E-state index contributed by atoms with van der Waals surface area (Å²) >= 11 is 0. The van der Waals surface area contributed by atoms with Crippen LogP contribution in [0.5, 0.6) is 0 Å². The average Bonchev–Trinajstić information content (AvgIpc) is 2.03. The second-order valence-corrected chi connectivity index (χ2v) is 8.49. The van der Waals surface area contributed by atoms with Gasteiger partial charge < -0.3 is 9.47 Å². The van der Waals surface area contributed by atoms with Crippen molar-refractivity contribution in [2.45, 2.75) is 20.0 Å². The first-order valence-corrected chi connectivity index (χ1v) is 8.02. The normalized spacial score (nSPS) is 21.2. The molecule has 1 saturated heterocycles. The fourth-order valence-corrected chi connectivity index (χ4v) is 3.08. The van der Waals surface area contributed by atoms with Crippen molar-refractivity contribution < 1.29 is 0 Å². The van der Waals surface area contributed by atoms with Gasteiger partial charge in [0.05, 0.1) is 0 Å². The van der Waals surface area contributed by atoms with Crippen molar-refractivity contribution in [1.82, 2.24) is 9.47 Å². The molecule has 0 N–H and O–H groups in total. The van der Waals surface area contributed by atoms with Gasteiger partial charge in [0.2, 0.25) is 0 Å². The summed E-state index contributed by atoms with van der Waals surface area (Å²) < 4.78 is 2.60. The van der Waals surface area contributed by atoms with E-state index in [9.17, 15) is 0 Å². The maximum absolute atomic E-state index is 4.29. The maximum atomic E-state index is 4.29. The van der Waals surface area contributed by atoms with Gasteiger partial charge in [0.25, 0.3) is 0 Å². The number of piperazine rings is 1. The SMILES string of the molecule is [CH2][Si](C)(C)N1CCN(CC)CC1.[LiH]. The van der Waals surface area contributed by atoms with Crippen LogP contribution >= 0.6 is 0 Å². The van der Waals surface area contributed by atoms with Crippen molar-refractivity contribution in [3.8, 4) is 0 Å². The minimum atomic E-state index is -1.24. The van der Waals surface area contributed by atoms with Crippen molar-refractivity contribution in [3.05, 3.63) is 6.55 Å². The van der Waals surface area contributed by atoms with Gasteiger partial charge in [0.15, 0.2) is 0 Å². The summed E-state index contributed by atoms with van der Waals surface area (Å²) in [6.07, 6.45) is 0. The van der Waals surface area contributed by atoms with Gasteiger partial charge >= 0.3 is 18.9 Å². The Morgan fingerprint density at radius 3 is 1.92 bits per heavy atom. The van der Waals surface area contributed by atoms with Gasteiger partial charge in [-0.15, -0.1) is 0 Å². The Bertz CT molecular complexity index is 139. The van der Waals surface area contributed by atoms with E-state index in [-0.39, 0.29) is 18.9 Å². The number of hydrogen-bond acceptors (Lipinski definition) is 2. The van der Waals surface area contributed by atoms with Crippen LogP contribution < -0.4 is 0 Å². The minimum absolute atomic E-state index is 0. The Labute approximate surface area is 95.9 Å². The molecular formula is C9H22LiN2Si. The van der Waals surface area contributed by atoms with Crippen LogP contribution in [0.4, 0.5) is 0 Å². The summed E-state index contributed by atoms with van der Waals surface area (Å²) in [4.78, 5) is 2.51. The van der Waals surface area contributed by atoms with E-state index in [0.717, 1.165) is 0 Å². The summed E-state index contributed by atoms with van der Waals surface area (Å²) in [5.41, 5.74) is 0. The van der Waals surface area contributed by atoms with Crippen molar-refractivity contribution in [1.29, 1.82) is 0 Å². The number of nitrogens with zero attached hydrogens (tertiary/aromatic N) is 2. The summed E-state index contributed by atoms with van der Waals surface area (Å²) in [7, 11) is -1.24. The quantitative estimate of drug-likeness (QED) is 0.591. The standard InChI is InChI=1S/C9H21N2Si.Li.H/c1-5-10-6-8-11(9-7-10)12(2,3)4;;/h2,5-9H2,1,3-4H3;;. The van der Waals surface area contributed by atoms with Gasteiger partial charge in [-0.2, -0.15) is 0 Å². The Balaban J connectivity index is 0.00000144. The van der Waals surface area contributed by atoms with Crippen LogP contribution in [0.25, 0.3) is 0 Å². The molecule has 4 heteroatoms. The van der Waals surface area contributed by atoms with E-state index in [2.05, 4.69) is 36.0 Å². The van der Waals surface area contributed by atoms with Crippen molar-refractivity contribution >= 4 is 27.1 Å². The van der Waals surface area contributed by atoms with Crippen LogP contribution in [0.3, 0.4) is 0 Å². The van der Waals surface area contributed by atoms with Gasteiger partial charge in [-0.25, -0.2) is 0 Å². The summed E-state index contributed by atoms with van der Waals surface area (Å²) in [6.45, 7) is 17.3. The number of rotatable bonds is 2. The molecule has 1 rings (SSSR count). The molecule has 0 aliphatic carbocycles. The van der Waals surface area contributed by atoms with Crippen LogP contribution in [-0.4, -0.2) is 69.3 Å². The van der Waals surface area contributed by atoms with Gasteiger partial charge in [0.1, 0.15) is 8.24 Å². The molecule has 0 unspecified atom stereocenters. The summed E-state index contributed by atoms with van der Waals surface area (Å²) in [6, 6.07) is 0. The van der Waals surface area contributed by atoms with Crippen LogP contribution in [0.2, 0.25) is 13.1 Å². The van der Waals surface area contributed by atoms with Gasteiger partial charge in [0, 0.05) is 26.2 Å². The van der Waals surface area contributed by atoms with Crippen molar-refractivity contribution in [2.75, 3.05) is 32.7 Å². The van der Waals surface area contributed by atoms with E-state index in [1.807, 2.05) is 0 Å². The van der Waals surface area contributed by atoms with Crippen molar-refractivity contribution in [2.24, 2.45) is 0 Å². The van der Waals surface area contributed by atoms with E-state index >= 15 is 0 Å². The van der Waals surface area contributed by atoms with Crippen LogP contribution in [0.15, 0.2) is 0 Å². The molecule has 2 nitrogen and oxygen atoms in total. The zero-order chi connectivity index (χ0) is 9.19. The molecule has 1 radical (unpaired) electrons. The predicted molar refractivity (Wildman–Crippen MR) is 63.7 cm³/mol. The molecule has 1 aliphatic heterocycles. The van der Waals surface area contributed by atoms with Crippen LogP contribution in [-0.2, 0) is 0 Å². The second kappa shape index (κ2) is 5.58. The number of hydrogen-bond donors (Lipinski definition) is 0. The molecule has 0 spiro atoms. The molecule has 0 amide bonds. The third kappa shape index (κ3) is 4.18. The first-order chi connectivity index (χ1) is 5.54. The average molecular weight is 193 g/mol. The topological polar surface area (TPSA) is 6.48 Å². The molecule has 1 fully saturated rings. The fraction of sp³-hybridized carbons (Fsp3) is 0.889. The van der Waals surface area contributed by atoms with E-state index in [1.54, 1.807) is 0 Å². The third-order valence-corrected chi connectivity index (χ3v) is 4.83. The molecule has 0 atom stereocenters. The Kier molecular flexibility index (Phi) is 5.89. The molecule has 0 bridgehead atoms. The monoisotopic (exact) mass is 193 g/mol. The fourth-order valence-electron chi connectivity index (χ4n) is 1.67. The molecule has 0 aromatic rings. The van der Waals surface area contributed by atoms with E-state index in [1.165, 1.54) is 32.7 Å². The molecule has 13 heavy (non-hydrogen) atoms. The van der Waals surface area contributed by atoms with Gasteiger partial charge in [-0.3, -0.25) is 0 Å². The number of likely N-dealkylation sites (N-methyl/N-ethyl adjacent to an activating group) is 1.